The lowest BCUT2D eigenvalue weighted by atomic mass is 10.1. The number of hydrogen-bond donors (Lipinski definition) is 4. The highest BCUT2D eigenvalue weighted by molar-refractivity contribution is 14.1. The van der Waals surface area contributed by atoms with Gasteiger partial charge in [-0.25, -0.2) is 9.97 Å². The number of morpholine rings is 1. The molecule has 1 aliphatic rings. The number of nitrogens with two attached hydrogens (primary N) is 1. The quantitative estimate of drug-likeness (QED) is 0.106. The van der Waals surface area contributed by atoms with E-state index in [4.69, 9.17) is 10.5 Å². The van der Waals surface area contributed by atoms with E-state index in [1.54, 1.807) is 43.5 Å². The molecule has 36 heavy (non-hydrogen) atoms. The van der Waals surface area contributed by atoms with Crippen LogP contribution in [-0.2, 0) is 4.74 Å². The summed E-state index contributed by atoms with van der Waals surface area (Å²) in [4.78, 5) is 39.8. The van der Waals surface area contributed by atoms with Crippen molar-refractivity contribution in [3.63, 3.8) is 0 Å². The van der Waals surface area contributed by atoms with Crippen molar-refractivity contribution in [3.8, 4) is 11.3 Å². The monoisotopic (exact) mass is 604 g/mol. The molecule has 2 amide bonds. The molecule has 11 nitrogen and oxygen atoms in total. The summed E-state index contributed by atoms with van der Waals surface area (Å²) in [6.45, 7) is 9.02. The van der Waals surface area contributed by atoms with Crippen LogP contribution in [-0.4, -0.2) is 72.8 Å². The lowest BCUT2D eigenvalue weighted by Gasteiger charge is -2.31. The number of benzene rings is 1. The zero-order chi connectivity index (χ0) is 25.9. The number of nitrogens with zero attached hydrogens (tertiary/aromatic N) is 4. The number of carbonyl (C=O) groups excluding carboxylic acids is 2. The molecular weight excluding hydrogens is 575 g/mol. The van der Waals surface area contributed by atoms with Gasteiger partial charge in [-0.05, 0) is 31.9 Å². The predicted octanol–water partition coefficient (Wildman–Crippen LogP) is 1.90. The van der Waals surface area contributed by atoms with E-state index in [0.717, 1.165) is 5.70 Å². The van der Waals surface area contributed by atoms with Crippen LogP contribution in [0.4, 0.5) is 5.82 Å². The number of aromatic nitrogens is 2. The van der Waals surface area contributed by atoms with Crippen molar-refractivity contribution in [3.05, 3.63) is 65.4 Å². The molecule has 0 spiro atoms. The standard InChI is InChI=1S/C24H29IN8O3/c1-16(20(7-8-27-2)33-11-13-36-14-12-33)31-24(35)21-22(26)29-15-19(32-21)17-3-5-18(6-4-17)23(34)28-9-10-30-25/h3-8,15,30H,2,9-14H2,1H3,(H2,26,29)(H,28,34)(H,31,35)/b8-7-,20-16-. The van der Waals surface area contributed by atoms with Crippen LogP contribution in [0.25, 0.3) is 11.3 Å². The number of anilines is 1. The van der Waals surface area contributed by atoms with E-state index in [0.29, 0.717) is 61.9 Å². The van der Waals surface area contributed by atoms with Gasteiger partial charge in [0.05, 0.1) is 30.8 Å². The third kappa shape index (κ3) is 7.32. The molecule has 0 aliphatic carbocycles. The highest BCUT2D eigenvalue weighted by atomic mass is 127. The molecule has 1 fully saturated rings. The average molecular weight is 604 g/mol. The number of hydrogen-bond acceptors (Lipinski definition) is 9. The van der Waals surface area contributed by atoms with E-state index in [9.17, 15) is 9.59 Å². The zero-order valence-corrected chi connectivity index (χ0v) is 22.1. The average Bonchev–Trinajstić information content (AvgIpc) is 2.90. The van der Waals surface area contributed by atoms with Crippen LogP contribution >= 0.6 is 22.9 Å². The molecule has 0 atom stereocenters. The third-order valence-corrected chi connectivity index (χ3v) is 5.88. The summed E-state index contributed by atoms with van der Waals surface area (Å²) in [5.41, 5.74) is 9.08. The second kappa shape index (κ2) is 13.7. The lowest BCUT2D eigenvalue weighted by molar-refractivity contribution is 0.0546. The smallest absolute Gasteiger partial charge is 0.277 e. The van der Waals surface area contributed by atoms with Gasteiger partial charge in [0.25, 0.3) is 11.8 Å². The molecule has 0 unspecified atom stereocenters. The van der Waals surface area contributed by atoms with Crippen molar-refractivity contribution >= 4 is 47.2 Å². The summed E-state index contributed by atoms with van der Waals surface area (Å²) in [6, 6.07) is 6.90. The Kier molecular flexibility index (Phi) is 10.3. The summed E-state index contributed by atoms with van der Waals surface area (Å²) in [7, 11) is 0. The first-order chi connectivity index (χ1) is 17.4. The summed E-state index contributed by atoms with van der Waals surface area (Å²) < 4.78 is 8.37. The maximum Gasteiger partial charge on any atom is 0.277 e. The molecule has 1 saturated heterocycles. The molecule has 1 aromatic heterocycles. The van der Waals surface area contributed by atoms with Crippen LogP contribution < -0.4 is 19.9 Å². The Labute approximate surface area is 223 Å². The van der Waals surface area contributed by atoms with Crippen LogP contribution in [0.3, 0.4) is 0 Å². The van der Waals surface area contributed by atoms with Crippen molar-refractivity contribution in [2.75, 3.05) is 45.1 Å². The molecule has 2 heterocycles. The highest BCUT2D eigenvalue weighted by Crippen LogP contribution is 2.20. The Morgan fingerprint density at radius 3 is 2.61 bits per heavy atom. The normalized spacial score (nSPS) is 14.3. The minimum absolute atomic E-state index is 0.00659. The van der Waals surface area contributed by atoms with Crippen molar-refractivity contribution < 1.29 is 14.3 Å². The minimum atomic E-state index is -0.482. The van der Waals surface area contributed by atoms with Crippen LogP contribution in [0.5, 0.6) is 0 Å². The fourth-order valence-electron chi connectivity index (χ4n) is 3.51. The predicted molar refractivity (Wildman–Crippen MR) is 147 cm³/mol. The molecule has 0 bridgehead atoms. The van der Waals surface area contributed by atoms with Crippen LogP contribution in [0.15, 0.2) is 59.1 Å². The van der Waals surface area contributed by atoms with Gasteiger partial charge >= 0.3 is 0 Å². The number of allylic oxidation sites excluding steroid dienone is 2. The number of amides is 2. The molecule has 190 valence electrons. The first kappa shape index (κ1) is 27.2. The van der Waals surface area contributed by atoms with E-state index in [-0.39, 0.29) is 17.4 Å². The number of nitrogen functional groups attached to an aromatic ring is 1. The fourth-order valence-corrected chi connectivity index (χ4v) is 3.78. The maximum atomic E-state index is 13.1. The van der Waals surface area contributed by atoms with E-state index >= 15 is 0 Å². The molecular formula is C24H29IN8O3. The first-order valence-electron chi connectivity index (χ1n) is 11.3. The van der Waals surface area contributed by atoms with Gasteiger partial charge in [0.2, 0.25) is 0 Å². The Morgan fingerprint density at radius 1 is 1.22 bits per heavy atom. The molecule has 1 aromatic carbocycles. The van der Waals surface area contributed by atoms with Gasteiger partial charge in [-0.15, -0.1) is 0 Å². The number of ether oxygens (including phenoxy) is 1. The molecule has 0 radical (unpaired) electrons. The Bertz CT molecular complexity index is 1140. The molecule has 5 N–H and O–H groups in total. The van der Waals surface area contributed by atoms with Crippen LogP contribution in [0.2, 0.25) is 0 Å². The second-order valence-corrected chi connectivity index (χ2v) is 8.53. The largest absolute Gasteiger partial charge is 0.382 e. The van der Waals surface area contributed by atoms with Gasteiger partial charge in [0.15, 0.2) is 11.5 Å². The molecule has 2 aromatic rings. The maximum absolute atomic E-state index is 13.1. The fraction of sp³-hybridized carbons (Fsp3) is 0.292. The Morgan fingerprint density at radius 2 is 1.94 bits per heavy atom. The van der Waals surface area contributed by atoms with E-state index in [2.05, 4.69) is 40.7 Å². The van der Waals surface area contributed by atoms with Gasteiger partial charge in [-0.1, -0.05) is 12.1 Å². The van der Waals surface area contributed by atoms with Crippen LogP contribution in [0, 0.1) is 0 Å². The molecule has 3 rings (SSSR count). The number of carbonyl (C=O) groups is 2. The van der Waals surface area contributed by atoms with Crippen LogP contribution in [0.1, 0.15) is 27.8 Å². The minimum Gasteiger partial charge on any atom is -0.382 e. The van der Waals surface area contributed by atoms with E-state index in [1.807, 2.05) is 22.9 Å². The van der Waals surface area contributed by atoms with Crippen molar-refractivity contribution in [1.82, 2.24) is 29.0 Å². The van der Waals surface area contributed by atoms with Gasteiger partial charge < -0.3 is 26.0 Å². The second-order valence-electron chi connectivity index (χ2n) is 7.77. The van der Waals surface area contributed by atoms with Crippen molar-refractivity contribution in [2.24, 2.45) is 4.99 Å². The van der Waals surface area contributed by atoms with E-state index in [1.165, 1.54) is 6.20 Å². The summed E-state index contributed by atoms with van der Waals surface area (Å²) in [5.74, 6) is -0.638. The molecule has 1 aliphatic heterocycles. The summed E-state index contributed by atoms with van der Waals surface area (Å²) in [5, 5.41) is 5.70. The van der Waals surface area contributed by atoms with Gasteiger partial charge in [-0.2, -0.15) is 0 Å². The highest BCUT2D eigenvalue weighted by Gasteiger charge is 2.19. The first-order valence-corrected chi connectivity index (χ1v) is 12.3. The topological polar surface area (TPSA) is 147 Å². The zero-order valence-electron chi connectivity index (χ0n) is 20.0. The SMILES string of the molecule is C=N/C=C\C(=C(/C)NC(=O)c1nc(-c2ccc(C(=O)NCCNI)cc2)cnc1N)N1CCOCC1. The summed E-state index contributed by atoms with van der Waals surface area (Å²) >= 11 is 2.02. The molecule has 12 heteroatoms. The van der Waals surface area contributed by atoms with Crippen molar-refractivity contribution in [2.45, 2.75) is 6.92 Å². The Balaban J connectivity index is 1.80. The third-order valence-electron chi connectivity index (χ3n) is 5.34. The molecule has 0 saturated carbocycles. The number of halogens is 1. The van der Waals surface area contributed by atoms with Gasteiger partial charge in [0.1, 0.15) is 0 Å². The Hall–Kier alpha value is -3.36. The number of nitrogens with one attached hydrogen (secondary N) is 3. The van der Waals surface area contributed by atoms with Gasteiger partial charge in [-0.3, -0.25) is 18.1 Å². The van der Waals surface area contributed by atoms with Crippen molar-refractivity contribution in [1.29, 1.82) is 0 Å². The number of rotatable bonds is 10. The van der Waals surface area contributed by atoms with Gasteiger partial charge in [0, 0.05) is 72.1 Å². The summed E-state index contributed by atoms with van der Waals surface area (Å²) in [6.07, 6.45) is 4.85. The number of aliphatic imine (C=N–C) groups is 1. The van der Waals surface area contributed by atoms with E-state index < -0.39 is 5.91 Å². The lowest BCUT2D eigenvalue weighted by Crippen LogP contribution is -2.37.